The molecule has 10 nitrogen and oxygen atoms in total. The maximum absolute atomic E-state index is 12.5. The van der Waals surface area contributed by atoms with Crippen molar-refractivity contribution in [3.63, 3.8) is 0 Å². The number of ether oxygens (including phenoxy) is 3. The fourth-order valence-corrected chi connectivity index (χ4v) is 3.01. The van der Waals surface area contributed by atoms with Gasteiger partial charge in [-0.25, -0.2) is 9.78 Å². The van der Waals surface area contributed by atoms with Gasteiger partial charge in [-0.15, -0.1) is 0 Å². The van der Waals surface area contributed by atoms with Crippen LogP contribution in [0.4, 0.5) is 0 Å². The quantitative estimate of drug-likeness (QED) is 0.687. The maximum Gasteiger partial charge on any atom is 0.338 e. The normalized spacial score (nSPS) is 20.8. The lowest BCUT2D eigenvalue weighted by atomic mass is 10.2. The smallest absolute Gasteiger partial charge is 0.338 e. The molecule has 0 unspecified atom stereocenters. The molecule has 2 aromatic rings. The minimum atomic E-state index is -1.02. The van der Waals surface area contributed by atoms with Crippen molar-refractivity contribution in [2.24, 2.45) is 5.73 Å². The van der Waals surface area contributed by atoms with E-state index in [1.54, 1.807) is 30.3 Å². The largest absolute Gasteiger partial charge is 0.459 e. The van der Waals surface area contributed by atoms with Gasteiger partial charge in [-0.1, -0.05) is 18.2 Å². The third-order valence-electron chi connectivity index (χ3n) is 4.25. The van der Waals surface area contributed by atoms with E-state index in [4.69, 9.17) is 19.9 Å². The highest BCUT2D eigenvalue weighted by molar-refractivity contribution is 5.90. The van der Waals surface area contributed by atoms with Crippen LogP contribution in [0.25, 0.3) is 0 Å². The van der Waals surface area contributed by atoms with Crippen molar-refractivity contribution in [3.8, 4) is 0 Å². The summed E-state index contributed by atoms with van der Waals surface area (Å²) in [6.07, 6.45) is 0.232. The maximum atomic E-state index is 12.5. The van der Waals surface area contributed by atoms with Crippen LogP contribution in [-0.4, -0.2) is 46.2 Å². The van der Waals surface area contributed by atoms with Crippen LogP contribution in [0.3, 0.4) is 0 Å². The number of hydrogen-bond acceptors (Lipinski definition) is 8. The highest BCUT2D eigenvalue weighted by atomic mass is 16.6. The summed E-state index contributed by atoms with van der Waals surface area (Å²) < 4.78 is 17.4. The minimum absolute atomic E-state index is 0.107. The van der Waals surface area contributed by atoms with E-state index in [0.717, 1.165) is 4.57 Å². The van der Waals surface area contributed by atoms with Gasteiger partial charge in [-0.05, 0) is 12.1 Å². The summed E-state index contributed by atoms with van der Waals surface area (Å²) in [6.45, 7) is 1.12. The number of primary amides is 1. The summed E-state index contributed by atoms with van der Waals surface area (Å²) in [7, 11) is 0. The van der Waals surface area contributed by atoms with E-state index in [9.17, 15) is 19.2 Å². The van der Waals surface area contributed by atoms with Gasteiger partial charge in [-0.3, -0.25) is 19.0 Å². The summed E-state index contributed by atoms with van der Waals surface area (Å²) in [6, 6.07) is 8.43. The molecule has 0 aliphatic carbocycles. The van der Waals surface area contributed by atoms with E-state index in [0.29, 0.717) is 5.56 Å². The Kier molecular flexibility index (Phi) is 6.03. The Hall–Kier alpha value is -3.53. The molecule has 2 heterocycles. The van der Waals surface area contributed by atoms with Gasteiger partial charge in [0.25, 0.3) is 11.5 Å². The third-order valence-corrected chi connectivity index (χ3v) is 4.25. The first-order chi connectivity index (χ1) is 13.9. The SMILES string of the molecule is CC(=O)O[C@@H]1C[C@@H](COC(=O)c2ccccc2)O[C@H]1n1ccnc(C(N)=O)c1=O. The van der Waals surface area contributed by atoms with Crippen molar-refractivity contribution in [1.29, 1.82) is 0 Å². The third kappa shape index (κ3) is 4.66. The van der Waals surface area contributed by atoms with Crippen LogP contribution in [0.5, 0.6) is 0 Å². The van der Waals surface area contributed by atoms with Gasteiger partial charge in [0.15, 0.2) is 11.9 Å². The molecule has 3 atom stereocenters. The zero-order chi connectivity index (χ0) is 21.0. The average Bonchev–Trinajstić information content (AvgIpc) is 3.08. The Labute approximate surface area is 165 Å². The highest BCUT2D eigenvalue weighted by Crippen LogP contribution is 2.31. The average molecular weight is 401 g/mol. The molecule has 10 heteroatoms. The molecule has 1 aromatic carbocycles. The lowest BCUT2D eigenvalue weighted by Gasteiger charge is -2.20. The number of hydrogen-bond donors (Lipinski definition) is 1. The van der Waals surface area contributed by atoms with E-state index in [1.165, 1.54) is 19.3 Å². The molecule has 1 fully saturated rings. The van der Waals surface area contributed by atoms with Crippen molar-refractivity contribution in [3.05, 3.63) is 64.3 Å². The Morgan fingerprint density at radius 1 is 1.28 bits per heavy atom. The predicted molar refractivity (Wildman–Crippen MR) is 97.8 cm³/mol. The van der Waals surface area contributed by atoms with E-state index in [-0.39, 0.29) is 13.0 Å². The Bertz CT molecular complexity index is 973. The summed E-state index contributed by atoms with van der Waals surface area (Å²) in [4.78, 5) is 51.1. The molecule has 1 aromatic heterocycles. The molecule has 1 aliphatic rings. The topological polar surface area (TPSA) is 140 Å². The van der Waals surface area contributed by atoms with E-state index in [1.807, 2.05) is 0 Å². The second-order valence-electron chi connectivity index (χ2n) is 6.35. The number of aromatic nitrogens is 2. The second-order valence-corrected chi connectivity index (χ2v) is 6.35. The first-order valence-electron chi connectivity index (χ1n) is 8.78. The molecule has 3 rings (SSSR count). The van der Waals surface area contributed by atoms with Crippen molar-refractivity contribution >= 4 is 17.8 Å². The van der Waals surface area contributed by atoms with Gasteiger partial charge in [0.2, 0.25) is 0 Å². The standard InChI is InChI=1S/C19H19N3O7/c1-11(23)28-14-9-13(10-27-19(26)12-5-3-2-4-6-12)29-18(14)22-8-7-21-15(16(20)24)17(22)25/h2-8,13-14,18H,9-10H2,1H3,(H2,20,24)/t13-,14+,18+/m0/s1. The Balaban J connectivity index is 1.76. The van der Waals surface area contributed by atoms with Crippen LogP contribution in [0.15, 0.2) is 47.5 Å². The monoisotopic (exact) mass is 401 g/mol. The first kappa shape index (κ1) is 20.2. The van der Waals surface area contributed by atoms with Crippen LogP contribution >= 0.6 is 0 Å². The number of esters is 2. The number of rotatable bonds is 6. The van der Waals surface area contributed by atoms with Crippen LogP contribution in [0.2, 0.25) is 0 Å². The van der Waals surface area contributed by atoms with E-state index >= 15 is 0 Å². The fourth-order valence-electron chi connectivity index (χ4n) is 3.01. The molecule has 1 amide bonds. The number of nitrogens with zero attached hydrogens (tertiary/aromatic N) is 2. The Morgan fingerprint density at radius 2 is 2.00 bits per heavy atom. The van der Waals surface area contributed by atoms with Crippen molar-refractivity contribution in [2.75, 3.05) is 6.61 Å². The number of carbonyl (C=O) groups is 3. The predicted octanol–water partition coefficient (Wildman–Crippen LogP) is 0.418. The summed E-state index contributed by atoms with van der Waals surface area (Å²) in [5, 5.41) is 0. The molecule has 1 aliphatic heterocycles. The first-order valence-corrected chi connectivity index (χ1v) is 8.78. The van der Waals surface area contributed by atoms with Gasteiger partial charge in [0.05, 0.1) is 11.7 Å². The van der Waals surface area contributed by atoms with E-state index < -0.39 is 47.5 Å². The molecule has 29 heavy (non-hydrogen) atoms. The molecule has 0 saturated carbocycles. The molecule has 0 spiro atoms. The lowest BCUT2D eigenvalue weighted by Crippen LogP contribution is -2.36. The van der Waals surface area contributed by atoms with Gasteiger partial charge in [0.1, 0.15) is 12.7 Å². The fraction of sp³-hybridized carbons (Fsp3) is 0.316. The van der Waals surface area contributed by atoms with Crippen molar-refractivity contribution in [1.82, 2.24) is 9.55 Å². The summed E-state index contributed by atoms with van der Waals surface area (Å²) in [5.41, 5.74) is 4.31. The van der Waals surface area contributed by atoms with Crippen LogP contribution in [0, 0.1) is 0 Å². The summed E-state index contributed by atoms with van der Waals surface area (Å²) in [5.74, 6) is -2.08. The number of nitrogens with two attached hydrogens (primary N) is 1. The summed E-state index contributed by atoms with van der Waals surface area (Å²) >= 11 is 0. The van der Waals surface area contributed by atoms with Gasteiger partial charge >= 0.3 is 11.9 Å². The van der Waals surface area contributed by atoms with Crippen molar-refractivity contribution in [2.45, 2.75) is 31.8 Å². The molecule has 152 valence electrons. The van der Waals surface area contributed by atoms with Gasteiger partial charge < -0.3 is 19.9 Å². The lowest BCUT2D eigenvalue weighted by molar-refractivity contribution is -0.152. The molecular formula is C19H19N3O7. The zero-order valence-electron chi connectivity index (χ0n) is 15.5. The number of carbonyl (C=O) groups excluding carboxylic acids is 3. The van der Waals surface area contributed by atoms with Crippen molar-refractivity contribution < 1.29 is 28.6 Å². The zero-order valence-corrected chi connectivity index (χ0v) is 15.5. The molecule has 1 saturated heterocycles. The van der Waals surface area contributed by atoms with Crippen LogP contribution in [-0.2, 0) is 19.0 Å². The van der Waals surface area contributed by atoms with Gasteiger partial charge in [0, 0.05) is 25.7 Å². The molecule has 2 N–H and O–H groups in total. The second kappa shape index (κ2) is 8.65. The van der Waals surface area contributed by atoms with Crippen LogP contribution in [0.1, 0.15) is 40.4 Å². The van der Waals surface area contributed by atoms with Crippen LogP contribution < -0.4 is 11.3 Å². The molecular weight excluding hydrogens is 382 g/mol. The van der Waals surface area contributed by atoms with E-state index in [2.05, 4.69) is 4.98 Å². The van der Waals surface area contributed by atoms with Gasteiger partial charge in [-0.2, -0.15) is 0 Å². The molecule has 0 radical (unpaired) electrons. The minimum Gasteiger partial charge on any atom is -0.459 e. The Morgan fingerprint density at radius 3 is 2.66 bits per heavy atom. The number of benzene rings is 1. The highest BCUT2D eigenvalue weighted by Gasteiger charge is 2.40. The molecule has 0 bridgehead atoms. The number of amides is 1.